The summed E-state index contributed by atoms with van der Waals surface area (Å²) in [7, 11) is 2.20. The fourth-order valence-corrected chi connectivity index (χ4v) is 5.11. The largest absolute Gasteiger partial charge is 0.391 e. The van der Waals surface area contributed by atoms with Crippen LogP contribution in [0.1, 0.15) is 52.4 Å². The van der Waals surface area contributed by atoms with E-state index in [2.05, 4.69) is 55.0 Å². The van der Waals surface area contributed by atoms with E-state index in [0.29, 0.717) is 24.5 Å². The summed E-state index contributed by atoms with van der Waals surface area (Å²) < 4.78 is 1.94. The number of likely N-dealkylation sites (tertiary alicyclic amines) is 1. The summed E-state index contributed by atoms with van der Waals surface area (Å²) in [5.41, 5.74) is 0.283. The van der Waals surface area contributed by atoms with Gasteiger partial charge in [-0.2, -0.15) is 5.10 Å². The molecule has 23 heavy (non-hydrogen) atoms. The average Bonchev–Trinajstić information content (AvgIpc) is 3.01. The lowest BCUT2D eigenvalue weighted by Gasteiger charge is -2.57. The number of nitrogens with one attached hydrogen (secondary N) is 1. The maximum atomic E-state index is 10.6. The molecule has 2 fully saturated rings. The number of hydrogen-bond acceptors (Lipinski definition) is 5. The van der Waals surface area contributed by atoms with E-state index in [1.54, 1.807) is 6.33 Å². The third-order valence-corrected chi connectivity index (χ3v) is 5.66. The van der Waals surface area contributed by atoms with Crippen LogP contribution in [0.25, 0.3) is 0 Å². The Morgan fingerprint density at radius 2 is 2.09 bits per heavy atom. The van der Waals surface area contributed by atoms with Gasteiger partial charge in [0.15, 0.2) is 0 Å². The van der Waals surface area contributed by atoms with Crippen molar-refractivity contribution in [2.24, 2.45) is 11.3 Å². The highest BCUT2D eigenvalue weighted by Crippen LogP contribution is 2.52. The fourth-order valence-electron chi connectivity index (χ4n) is 5.11. The number of hydrogen-bond donors (Lipinski definition) is 2. The van der Waals surface area contributed by atoms with Crippen LogP contribution in [0.15, 0.2) is 6.33 Å². The molecule has 0 amide bonds. The highest BCUT2D eigenvalue weighted by Gasteiger charge is 2.57. The molecule has 1 saturated carbocycles. The second-order valence-corrected chi connectivity index (χ2v) is 8.14. The number of aliphatic hydroxyl groups excluding tert-OH is 1. The highest BCUT2D eigenvalue weighted by molar-refractivity contribution is 5.12. The van der Waals surface area contributed by atoms with Crippen molar-refractivity contribution in [3.05, 3.63) is 12.2 Å². The Labute approximate surface area is 139 Å². The van der Waals surface area contributed by atoms with Crippen molar-refractivity contribution in [1.82, 2.24) is 25.0 Å². The van der Waals surface area contributed by atoms with E-state index in [1.165, 1.54) is 0 Å². The molecule has 1 aromatic rings. The molecule has 6 heteroatoms. The molecule has 2 heterocycles. The molecule has 3 rings (SSSR count). The van der Waals surface area contributed by atoms with Crippen molar-refractivity contribution in [3.8, 4) is 0 Å². The standard InChI is InChI=1S/C17H31N5O/c1-11(2)16-17(9-21(16)5)6-13(14(23)7-17)18-8-15-19-10-20-22(15)12(3)4/h10-14,16,18,23H,6-9H2,1-5H3/t13-,14-,16?,17?/m1/s1. The fraction of sp³-hybridized carbons (Fsp3) is 0.882. The first kappa shape index (κ1) is 16.9. The minimum atomic E-state index is -0.264. The second kappa shape index (κ2) is 6.15. The van der Waals surface area contributed by atoms with Crippen LogP contribution in [0.5, 0.6) is 0 Å². The van der Waals surface area contributed by atoms with Crippen LogP contribution < -0.4 is 5.32 Å². The van der Waals surface area contributed by atoms with Crippen molar-refractivity contribution >= 4 is 0 Å². The van der Waals surface area contributed by atoms with Crippen LogP contribution in [-0.2, 0) is 6.54 Å². The summed E-state index contributed by atoms with van der Waals surface area (Å²) in [5.74, 6) is 1.57. The molecule has 2 unspecified atom stereocenters. The lowest BCUT2D eigenvalue weighted by atomic mass is 9.66. The van der Waals surface area contributed by atoms with Crippen LogP contribution >= 0.6 is 0 Å². The van der Waals surface area contributed by atoms with Gasteiger partial charge >= 0.3 is 0 Å². The Morgan fingerprint density at radius 3 is 2.70 bits per heavy atom. The minimum Gasteiger partial charge on any atom is -0.391 e. The molecule has 1 saturated heterocycles. The summed E-state index contributed by atoms with van der Waals surface area (Å²) in [6.07, 6.45) is 3.31. The molecular weight excluding hydrogens is 290 g/mol. The molecule has 0 radical (unpaired) electrons. The van der Waals surface area contributed by atoms with Gasteiger partial charge in [-0.25, -0.2) is 9.67 Å². The molecule has 0 bridgehead atoms. The van der Waals surface area contributed by atoms with E-state index < -0.39 is 0 Å². The Hall–Kier alpha value is -0.980. The Balaban J connectivity index is 1.63. The third-order valence-electron chi connectivity index (χ3n) is 5.66. The molecule has 130 valence electrons. The number of nitrogens with zero attached hydrogens (tertiary/aromatic N) is 4. The van der Waals surface area contributed by atoms with Gasteiger partial charge in [-0.1, -0.05) is 13.8 Å². The first-order valence-corrected chi connectivity index (χ1v) is 8.84. The number of rotatable bonds is 5. The second-order valence-electron chi connectivity index (χ2n) is 8.14. The van der Waals surface area contributed by atoms with E-state index in [0.717, 1.165) is 25.2 Å². The molecule has 6 nitrogen and oxygen atoms in total. The summed E-state index contributed by atoms with van der Waals surface area (Å²) >= 11 is 0. The smallest absolute Gasteiger partial charge is 0.141 e. The van der Waals surface area contributed by atoms with Crippen molar-refractivity contribution in [2.75, 3.05) is 13.6 Å². The Morgan fingerprint density at radius 1 is 1.35 bits per heavy atom. The summed E-state index contributed by atoms with van der Waals surface area (Å²) in [5, 5.41) is 18.4. The first-order chi connectivity index (χ1) is 10.8. The summed E-state index contributed by atoms with van der Waals surface area (Å²) in [6.45, 7) is 10.6. The van der Waals surface area contributed by atoms with Gasteiger partial charge < -0.3 is 15.3 Å². The van der Waals surface area contributed by atoms with Gasteiger partial charge in [-0.05, 0) is 39.7 Å². The molecule has 0 aromatic carbocycles. The predicted octanol–water partition coefficient (Wildman–Crippen LogP) is 1.43. The quantitative estimate of drug-likeness (QED) is 0.859. The Kier molecular flexibility index (Phi) is 4.51. The van der Waals surface area contributed by atoms with Crippen molar-refractivity contribution in [1.29, 1.82) is 0 Å². The topological polar surface area (TPSA) is 66.2 Å². The van der Waals surface area contributed by atoms with Gasteiger partial charge in [0, 0.05) is 30.1 Å². The molecule has 4 atom stereocenters. The van der Waals surface area contributed by atoms with E-state index >= 15 is 0 Å². The van der Waals surface area contributed by atoms with Crippen LogP contribution in [0, 0.1) is 11.3 Å². The zero-order valence-electron chi connectivity index (χ0n) is 15.0. The molecule has 1 aliphatic carbocycles. The molecule has 2 aliphatic rings. The molecule has 2 N–H and O–H groups in total. The van der Waals surface area contributed by atoms with Crippen molar-refractivity contribution < 1.29 is 5.11 Å². The van der Waals surface area contributed by atoms with Gasteiger partial charge in [0.2, 0.25) is 0 Å². The number of aromatic nitrogens is 3. The third kappa shape index (κ3) is 2.92. The summed E-state index contributed by atoms with van der Waals surface area (Å²) in [4.78, 5) is 6.79. The van der Waals surface area contributed by atoms with E-state index in [9.17, 15) is 5.11 Å². The summed E-state index contributed by atoms with van der Waals surface area (Å²) in [6, 6.07) is 1.05. The predicted molar refractivity (Wildman–Crippen MR) is 90.0 cm³/mol. The van der Waals surface area contributed by atoms with E-state index in [-0.39, 0.29) is 17.6 Å². The molecule has 1 spiro atoms. The van der Waals surface area contributed by atoms with E-state index in [1.807, 2.05) is 4.68 Å². The molecule has 1 aliphatic heterocycles. The van der Waals surface area contributed by atoms with Gasteiger partial charge in [0.1, 0.15) is 12.2 Å². The molecular formula is C17H31N5O. The Bertz CT molecular complexity index is 538. The first-order valence-electron chi connectivity index (χ1n) is 8.84. The maximum absolute atomic E-state index is 10.6. The number of aliphatic hydroxyl groups is 1. The highest BCUT2D eigenvalue weighted by atomic mass is 16.3. The lowest BCUT2D eigenvalue weighted by molar-refractivity contribution is -0.0828. The average molecular weight is 321 g/mol. The van der Waals surface area contributed by atoms with Crippen molar-refractivity contribution in [2.45, 2.75) is 71.3 Å². The van der Waals surface area contributed by atoms with Gasteiger partial charge in [-0.3, -0.25) is 0 Å². The van der Waals surface area contributed by atoms with Crippen LogP contribution in [0.2, 0.25) is 0 Å². The van der Waals surface area contributed by atoms with Crippen LogP contribution in [-0.4, -0.2) is 56.6 Å². The molecule has 1 aromatic heterocycles. The van der Waals surface area contributed by atoms with Crippen LogP contribution in [0.4, 0.5) is 0 Å². The minimum absolute atomic E-state index is 0.155. The van der Waals surface area contributed by atoms with Crippen LogP contribution in [0.3, 0.4) is 0 Å². The maximum Gasteiger partial charge on any atom is 0.141 e. The normalized spacial score (nSPS) is 34.7. The van der Waals surface area contributed by atoms with Gasteiger partial charge in [0.05, 0.1) is 12.6 Å². The van der Waals surface area contributed by atoms with Gasteiger partial charge in [0.25, 0.3) is 0 Å². The zero-order chi connectivity index (χ0) is 16.8. The van der Waals surface area contributed by atoms with E-state index in [4.69, 9.17) is 0 Å². The lowest BCUT2D eigenvalue weighted by Crippen LogP contribution is -2.64. The van der Waals surface area contributed by atoms with Gasteiger partial charge in [-0.15, -0.1) is 0 Å². The van der Waals surface area contributed by atoms with Crippen molar-refractivity contribution in [3.63, 3.8) is 0 Å². The SMILES string of the molecule is CC(C)C1N(C)CC12C[C@@H](O)[C@H](NCc1ncnn1C(C)C)C2. The monoisotopic (exact) mass is 321 g/mol. The zero-order valence-corrected chi connectivity index (χ0v) is 15.0.